The SMILES string of the molecule is C[PH+](C)C1CC([PH+](C)C)CC([PH+](C)C)C1.[C-]#[N+]c1ccc(C)cc1-c1cc(-c2cc(C)ccc2[N+]#[C-])cc(-c2cc(C)ccc2[N+]#[C-])c1.[Mo+3]. The molecule has 4 aromatic rings. The van der Waals surface area contributed by atoms with Gasteiger partial charge in [0.2, 0.25) is 0 Å². The van der Waals surface area contributed by atoms with Crippen LogP contribution in [0, 0.1) is 40.5 Å². The summed E-state index contributed by atoms with van der Waals surface area (Å²) < 4.78 is 0. The molecule has 1 aliphatic rings. The summed E-state index contributed by atoms with van der Waals surface area (Å²) in [5.74, 6) is 0. The molecule has 0 atom stereocenters. The zero-order chi connectivity index (χ0) is 35.1. The van der Waals surface area contributed by atoms with E-state index in [4.69, 9.17) is 19.7 Å². The predicted molar refractivity (Wildman–Crippen MR) is 221 cm³/mol. The molecule has 0 N–H and O–H groups in total. The second-order valence-corrected chi connectivity index (χ2v) is 23.1. The van der Waals surface area contributed by atoms with E-state index in [9.17, 15) is 0 Å². The van der Waals surface area contributed by atoms with E-state index in [0.717, 1.165) is 67.0 Å². The van der Waals surface area contributed by atoms with Crippen molar-refractivity contribution < 1.29 is 21.1 Å². The van der Waals surface area contributed by atoms with Crippen molar-refractivity contribution in [1.29, 1.82) is 0 Å². The van der Waals surface area contributed by atoms with Gasteiger partial charge >= 0.3 is 21.1 Å². The predicted octanol–water partition coefficient (Wildman–Crippen LogP) is 13.0. The van der Waals surface area contributed by atoms with Crippen molar-refractivity contribution in [3.05, 3.63) is 124 Å². The average molecular weight is 787 g/mol. The van der Waals surface area contributed by atoms with E-state index in [0.29, 0.717) is 17.1 Å². The van der Waals surface area contributed by atoms with Crippen LogP contribution < -0.4 is 0 Å². The van der Waals surface area contributed by atoms with Gasteiger partial charge < -0.3 is 0 Å². The van der Waals surface area contributed by atoms with E-state index in [1.54, 1.807) is 19.3 Å². The Morgan fingerprint density at radius 1 is 0.449 bits per heavy atom. The van der Waals surface area contributed by atoms with Crippen LogP contribution in [0.2, 0.25) is 0 Å². The van der Waals surface area contributed by atoms with Gasteiger partial charge in [0.1, 0.15) is 0 Å². The minimum absolute atomic E-state index is 0. The first-order valence-corrected chi connectivity index (χ1v) is 24.6. The molecule has 5 rings (SSSR count). The molecular weight excluding hydrogens is 735 g/mol. The van der Waals surface area contributed by atoms with E-state index in [1.165, 1.54) is 0 Å². The fraction of sp³-hybridized carbons (Fsp3) is 0.357. The summed E-state index contributed by atoms with van der Waals surface area (Å²) in [6, 6.07) is 23.6. The summed E-state index contributed by atoms with van der Waals surface area (Å²) in [7, 11) is -0.101. The number of rotatable bonds is 6. The average Bonchev–Trinajstić information content (AvgIpc) is 3.08. The third kappa shape index (κ3) is 10.4. The number of hydrogen-bond donors (Lipinski definition) is 0. The Bertz CT molecular complexity index is 1660. The van der Waals surface area contributed by atoms with Crippen molar-refractivity contribution in [2.24, 2.45) is 0 Å². The Labute approximate surface area is 314 Å². The number of aryl methyl sites for hydroxylation is 3. The summed E-state index contributed by atoms with van der Waals surface area (Å²) >= 11 is 0. The maximum Gasteiger partial charge on any atom is 3.00 e. The van der Waals surface area contributed by atoms with Crippen LogP contribution in [0.4, 0.5) is 17.1 Å². The summed E-state index contributed by atoms with van der Waals surface area (Å²) in [4.78, 5) is 11.2. The first-order chi connectivity index (χ1) is 22.8. The largest absolute Gasteiger partial charge is 3.00 e. The molecule has 3 nitrogen and oxygen atoms in total. The third-order valence-electron chi connectivity index (χ3n) is 9.84. The zero-order valence-electron chi connectivity index (χ0n) is 30.5. The van der Waals surface area contributed by atoms with Gasteiger partial charge in [-0.05, 0) is 96.1 Å². The van der Waals surface area contributed by atoms with Gasteiger partial charge in [-0.15, -0.1) is 0 Å². The van der Waals surface area contributed by atoms with Gasteiger partial charge in [0.05, 0.1) is 36.7 Å². The van der Waals surface area contributed by atoms with Gasteiger partial charge in [0.25, 0.3) is 0 Å². The maximum atomic E-state index is 7.67. The topological polar surface area (TPSA) is 13.1 Å². The molecule has 49 heavy (non-hydrogen) atoms. The molecule has 1 fully saturated rings. The van der Waals surface area contributed by atoms with Crippen LogP contribution in [0.3, 0.4) is 0 Å². The van der Waals surface area contributed by atoms with Gasteiger partial charge in [0, 0.05) is 59.3 Å². The third-order valence-corrected chi connectivity index (χ3v) is 16.2. The van der Waals surface area contributed by atoms with Crippen LogP contribution in [-0.2, 0) is 21.1 Å². The van der Waals surface area contributed by atoms with E-state index in [2.05, 4.69) is 54.5 Å². The second kappa shape index (κ2) is 18.5. The molecule has 7 heteroatoms. The molecular formula is C42H51MoN3P3+6. The normalized spacial score (nSPS) is 17.0. The Kier molecular flexibility index (Phi) is 15.4. The number of benzene rings is 4. The zero-order valence-corrected chi connectivity index (χ0v) is 35.5. The van der Waals surface area contributed by atoms with Gasteiger partial charge in [0.15, 0.2) is 17.1 Å². The van der Waals surface area contributed by atoms with Crippen molar-refractivity contribution in [3.63, 3.8) is 0 Å². The molecule has 0 aromatic heterocycles. The molecule has 1 radical (unpaired) electrons. The first-order valence-electron chi connectivity index (χ1n) is 16.9. The summed E-state index contributed by atoms with van der Waals surface area (Å²) in [5.41, 5.74) is 13.6. The second-order valence-electron chi connectivity index (χ2n) is 14.2. The fourth-order valence-corrected chi connectivity index (χ4v) is 12.0. The van der Waals surface area contributed by atoms with Crippen LogP contribution in [-0.4, -0.2) is 57.0 Å². The Morgan fingerprint density at radius 2 is 0.694 bits per heavy atom. The van der Waals surface area contributed by atoms with Crippen LogP contribution >= 0.6 is 23.8 Å². The molecule has 0 heterocycles. The van der Waals surface area contributed by atoms with Gasteiger partial charge in [-0.25, -0.2) is 14.5 Å². The maximum absolute atomic E-state index is 7.67. The summed E-state index contributed by atoms with van der Waals surface area (Å²) in [6.45, 7) is 44.2. The molecule has 0 amide bonds. The van der Waals surface area contributed by atoms with E-state index in [1.807, 2.05) is 93.6 Å². The molecule has 249 valence electrons. The fourth-order valence-electron chi connectivity index (χ4n) is 6.76. The molecule has 0 unspecified atom stereocenters. The standard InChI is InChI=1S/C30H21N3.C12H27P3.Mo/c1-19-7-10-28(31-4)25(13-19)22-16-23(26-14-20(2)8-11-29(26)32-5)18-24(17-22)27-15-21(3)9-12-30(27)33-6;1-13(2)10-7-11(14(3)4)9-12(8-10)15(5)6;/h7-18H,1-3H3;10-12H,7-9H2,1-6H3;/q;;+3/p+3. The molecule has 1 aliphatic carbocycles. The van der Waals surface area contributed by atoms with Crippen molar-refractivity contribution >= 4 is 40.8 Å². The van der Waals surface area contributed by atoms with Crippen LogP contribution in [0.1, 0.15) is 36.0 Å². The van der Waals surface area contributed by atoms with Crippen molar-refractivity contribution in [2.45, 2.75) is 57.0 Å². The van der Waals surface area contributed by atoms with Gasteiger partial charge in [-0.2, -0.15) is 0 Å². The Hall–Kier alpha value is -2.67. The quantitative estimate of drug-likeness (QED) is 0.105. The molecule has 1 saturated carbocycles. The van der Waals surface area contributed by atoms with Gasteiger partial charge in [-0.3, -0.25) is 0 Å². The molecule has 4 aromatic carbocycles. The Morgan fingerprint density at radius 3 is 0.898 bits per heavy atom. The van der Waals surface area contributed by atoms with Crippen LogP contribution in [0.15, 0.2) is 72.8 Å². The molecule has 0 saturated heterocycles. The first kappa shape index (κ1) is 40.8. The number of hydrogen-bond acceptors (Lipinski definition) is 0. The summed E-state index contributed by atoms with van der Waals surface area (Å²) in [6.07, 6.45) is 4.77. The van der Waals surface area contributed by atoms with E-state index in [-0.39, 0.29) is 44.8 Å². The van der Waals surface area contributed by atoms with E-state index >= 15 is 0 Å². The van der Waals surface area contributed by atoms with Crippen molar-refractivity contribution in [3.8, 4) is 33.4 Å². The minimum atomic E-state index is -0.0338. The summed E-state index contributed by atoms with van der Waals surface area (Å²) in [5, 5.41) is 0. The minimum Gasteiger partial charge on any atom is -0.238 e. The van der Waals surface area contributed by atoms with Gasteiger partial charge in [-0.1, -0.05) is 71.3 Å². The Balaban J connectivity index is 0.000000343. The van der Waals surface area contributed by atoms with E-state index < -0.39 is 0 Å². The van der Waals surface area contributed by atoms with Crippen LogP contribution in [0.5, 0.6) is 0 Å². The molecule has 0 spiro atoms. The van der Waals surface area contributed by atoms with Crippen LogP contribution in [0.25, 0.3) is 47.9 Å². The van der Waals surface area contributed by atoms with Crippen molar-refractivity contribution in [2.75, 3.05) is 40.0 Å². The smallest absolute Gasteiger partial charge is 0.238 e. The van der Waals surface area contributed by atoms with Crippen molar-refractivity contribution in [1.82, 2.24) is 0 Å². The molecule has 0 bridgehead atoms. The monoisotopic (exact) mass is 788 g/mol. The molecule has 0 aliphatic heterocycles. The number of nitrogens with zero attached hydrogens (tertiary/aromatic N) is 3.